The molecule has 0 atom stereocenters. The summed E-state index contributed by atoms with van der Waals surface area (Å²) < 4.78 is 35.2. The van der Waals surface area contributed by atoms with Crippen molar-refractivity contribution in [2.75, 3.05) is 12.4 Å². The molecule has 0 radical (unpaired) electrons. The lowest BCUT2D eigenvalue weighted by Gasteiger charge is -2.21. The van der Waals surface area contributed by atoms with E-state index >= 15 is 0 Å². The van der Waals surface area contributed by atoms with Gasteiger partial charge in [0, 0.05) is 12.8 Å². The molecule has 1 aliphatic carbocycles. The summed E-state index contributed by atoms with van der Waals surface area (Å²) in [7, 11) is -3.91. The summed E-state index contributed by atoms with van der Waals surface area (Å²) in [4.78, 5) is 11.2. The van der Waals surface area contributed by atoms with Gasteiger partial charge in [-0.3, -0.25) is 9.35 Å². The lowest BCUT2D eigenvalue weighted by Crippen LogP contribution is -2.12. The standard InChI is InChI=1S/C15H20O5S/c16-14-6-2-12(3-7-14)13-4-8-15(9-5-13)20-10-1-11-21(17,18)19/h4-5,8-9,12H,1-3,6-7,10-11H2,(H,17,18,19). The zero-order valence-electron chi connectivity index (χ0n) is 11.8. The van der Waals surface area contributed by atoms with E-state index in [4.69, 9.17) is 9.29 Å². The first-order valence-corrected chi connectivity index (χ1v) is 8.74. The van der Waals surface area contributed by atoms with Gasteiger partial charge in [-0.15, -0.1) is 0 Å². The number of Topliss-reactive ketones (excluding diaryl/α,β-unsaturated/α-hetero) is 1. The highest BCUT2D eigenvalue weighted by Crippen LogP contribution is 2.31. The third-order valence-corrected chi connectivity index (χ3v) is 4.51. The van der Waals surface area contributed by atoms with Crippen molar-refractivity contribution in [3.63, 3.8) is 0 Å². The van der Waals surface area contributed by atoms with E-state index in [-0.39, 0.29) is 18.8 Å². The molecule has 0 aromatic heterocycles. The minimum absolute atomic E-state index is 0.247. The van der Waals surface area contributed by atoms with Gasteiger partial charge in [0.15, 0.2) is 0 Å². The Morgan fingerprint density at radius 3 is 2.33 bits per heavy atom. The molecular weight excluding hydrogens is 292 g/mol. The van der Waals surface area contributed by atoms with Crippen LogP contribution in [0.1, 0.15) is 43.6 Å². The Morgan fingerprint density at radius 1 is 1.14 bits per heavy atom. The number of ketones is 1. The number of hydrogen-bond acceptors (Lipinski definition) is 4. The molecule has 2 rings (SSSR count). The third-order valence-electron chi connectivity index (χ3n) is 3.71. The molecule has 0 amide bonds. The fourth-order valence-electron chi connectivity index (χ4n) is 2.54. The fraction of sp³-hybridized carbons (Fsp3) is 0.533. The maximum absolute atomic E-state index is 11.2. The van der Waals surface area contributed by atoms with Crippen LogP contribution in [-0.4, -0.2) is 31.1 Å². The number of carbonyl (C=O) groups is 1. The Kier molecular flexibility index (Phi) is 5.36. The molecule has 0 aliphatic heterocycles. The second-order valence-electron chi connectivity index (χ2n) is 5.37. The number of carbonyl (C=O) groups excluding carboxylic acids is 1. The van der Waals surface area contributed by atoms with Crippen LogP contribution in [-0.2, 0) is 14.9 Å². The highest BCUT2D eigenvalue weighted by Gasteiger charge is 2.19. The summed E-state index contributed by atoms with van der Waals surface area (Å²) in [5.74, 6) is 1.18. The van der Waals surface area contributed by atoms with E-state index in [0.29, 0.717) is 30.3 Å². The van der Waals surface area contributed by atoms with Crippen molar-refractivity contribution < 1.29 is 22.5 Å². The van der Waals surface area contributed by atoms with Crippen molar-refractivity contribution in [2.45, 2.75) is 38.0 Å². The third kappa shape index (κ3) is 5.47. The molecule has 1 aromatic rings. The van der Waals surface area contributed by atoms with Crippen LogP contribution < -0.4 is 4.74 Å². The number of ether oxygens (including phenoxy) is 1. The number of benzene rings is 1. The zero-order valence-corrected chi connectivity index (χ0v) is 12.6. The van der Waals surface area contributed by atoms with Crippen LogP contribution in [0, 0.1) is 0 Å². The molecule has 0 saturated heterocycles. The SMILES string of the molecule is O=C1CCC(c2ccc(OCCCS(=O)(=O)O)cc2)CC1. The van der Waals surface area contributed by atoms with Crippen molar-refractivity contribution in [3.8, 4) is 5.75 Å². The van der Waals surface area contributed by atoms with Crippen molar-refractivity contribution >= 4 is 15.9 Å². The zero-order chi connectivity index (χ0) is 15.3. The van der Waals surface area contributed by atoms with E-state index in [0.717, 1.165) is 12.8 Å². The first-order valence-electron chi connectivity index (χ1n) is 7.14. The molecule has 0 bridgehead atoms. The molecule has 1 saturated carbocycles. The second-order valence-corrected chi connectivity index (χ2v) is 6.94. The quantitative estimate of drug-likeness (QED) is 0.645. The lowest BCUT2D eigenvalue weighted by atomic mass is 9.83. The van der Waals surface area contributed by atoms with Gasteiger partial charge in [0.1, 0.15) is 11.5 Å². The van der Waals surface area contributed by atoms with E-state index in [9.17, 15) is 13.2 Å². The molecule has 1 aliphatic rings. The Balaban J connectivity index is 1.80. The van der Waals surface area contributed by atoms with Gasteiger partial charge in [0.2, 0.25) is 0 Å². The van der Waals surface area contributed by atoms with E-state index in [2.05, 4.69) is 0 Å². The highest BCUT2D eigenvalue weighted by molar-refractivity contribution is 7.85. The van der Waals surface area contributed by atoms with Gasteiger partial charge in [0.05, 0.1) is 12.4 Å². The Hall–Kier alpha value is -1.40. The van der Waals surface area contributed by atoms with Crippen LogP contribution in [0.4, 0.5) is 0 Å². The average Bonchev–Trinajstić information content (AvgIpc) is 2.44. The molecule has 116 valence electrons. The maximum Gasteiger partial charge on any atom is 0.264 e. The summed E-state index contributed by atoms with van der Waals surface area (Å²) in [5.41, 5.74) is 1.22. The molecule has 0 spiro atoms. The fourth-order valence-corrected chi connectivity index (χ4v) is 3.02. The van der Waals surface area contributed by atoms with Gasteiger partial charge in [-0.1, -0.05) is 12.1 Å². The van der Waals surface area contributed by atoms with Crippen molar-refractivity contribution in [1.29, 1.82) is 0 Å². The second kappa shape index (κ2) is 7.04. The number of hydrogen-bond donors (Lipinski definition) is 1. The topological polar surface area (TPSA) is 80.7 Å². The average molecular weight is 312 g/mol. The predicted octanol–water partition coefficient (Wildman–Crippen LogP) is 2.57. The van der Waals surface area contributed by atoms with Crippen molar-refractivity contribution in [1.82, 2.24) is 0 Å². The van der Waals surface area contributed by atoms with Crippen LogP contribution in [0.15, 0.2) is 24.3 Å². The maximum atomic E-state index is 11.2. The summed E-state index contributed by atoms with van der Waals surface area (Å²) in [6.07, 6.45) is 3.41. The minimum atomic E-state index is -3.91. The van der Waals surface area contributed by atoms with Crippen LogP contribution in [0.5, 0.6) is 5.75 Å². The van der Waals surface area contributed by atoms with Gasteiger partial charge in [-0.2, -0.15) is 8.42 Å². The van der Waals surface area contributed by atoms with Crippen LogP contribution in [0.2, 0.25) is 0 Å². The van der Waals surface area contributed by atoms with E-state index in [1.807, 2.05) is 24.3 Å². The van der Waals surface area contributed by atoms with Crippen LogP contribution >= 0.6 is 0 Å². The van der Waals surface area contributed by atoms with Gasteiger partial charge in [-0.05, 0) is 42.9 Å². The van der Waals surface area contributed by atoms with Crippen LogP contribution in [0.3, 0.4) is 0 Å². The first kappa shape index (κ1) is 16.0. The van der Waals surface area contributed by atoms with E-state index in [1.165, 1.54) is 5.56 Å². The molecule has 5 nitrogen and oxygen atoms in total. The van der Waals surface area contributed by atoms with E-state index in [1.54, 1.807) is 0 Å². The lowest BCUT2D eigenvalue weighted by molar-refractivity contribution is -0.120. The molecule has 21 heavy (non-hydrogen) atoms. The monoisotopic (exact) mass is 312 g/mol. The molecular formula is C15H20O5S. The molecule has 1 N–H and O–H groups in total. The molecule has 0 heterocycles. The largest absolute Gasteiger partial charge is 0.494 e. The van der Waals surface area contributed by atoms with E-state index < -0.39 is 10.1 Å². The van der Waals surface area contributed by atoms with Crippen molar-refractivity contribution in [3.05, 3.63) is 29.8 Å². The van der Waals surface area contributed by atoms with Gasteiger partial charge < -0.3 is 4.74 Å². The van der Waals surface area contributed by atoms with Gasteiger partial charge in [0.25, 0.3) is 10.1 Å². The highest BCUT2D eigenvalue weighted by atomic mass is 32.2. The normalized spacial score (nSPS) is 16.9. The molecule has 1 fully saturated rings. The summed E-state index contributed by atoms with van der Waals surface area (Å²) in [5, 5.41) is 0. The Morgan fingerprint density at radius 2 is 1.76 bits per heavy atom. The molecule has 0 unspecified atom stereocenters. The Labute approximate surface area is 125 Å². The van der Waals surface area contributed by atoms with Gasteiger partial charge >= 0.3 is 0 Å². The number of rotatable bonds is 6. The molecule has 1 aromatic carbocycles. The Bertz CT molecular complexity index is 567. The van der Waals surface area contributed by atoms with Crippen molar-refractivity contribution in [2.24, 2.45) is 0 Å². The molecule has 6 heteroatoms. The smallest absolute Gasteiger partial charge is 0.264 e. The summed E-state index contributed by atoms with van der Waals surface area (Å²) >= 11 is 0. The summed E-state index contributed by atoms with van der Waals surface area (Å²) in [6, 6.07) is 7.72. The van der Waals surface area contributed by atoms with Crippen LogP contribution in [0.25, 0.3) is 0 Å². The summed E-state index contributed by atoms with van der Waals surface area (Å²) in [6.45, 7) is 0.247. The predicted molar refractivity (Wildman–Crippen MR) is 79.2 cm³/mol. The van der Waals surface area contributed by atoms with Gasteiger partial charge in [-0.25, -0.2) is 0 Å². The minimum Gasteiger partial charge on any atom is -0.494 e. The first-order chi connectivity index (χ1) is 9.94.